The molecule has 0 fully saturated rings. The lowest BCUT2D eigenvalue weighted by atomic mass is 10.1. The number of carbonyl (C=O) groups is 1. The highest BCUT2D eigenvalue weighted by atomic mass is 35.5. The quantitative estimate of drug-likeness (QED) is 0.665. The molecule has 3 rings (SSSR count). The van der Waals surface area contributed by atoms with Crippen LogP contribution in [0, 0.1) is 6.92 Å². The molecule has 122 valence electrons. The molecule has 1 aromatic heterocycles. The fraction of sp³-hybridized carbons (Fsp3) is 0.111. The molecule has 24 heavy (non-hydrogen) atoms. The topological polar surface area (TPSA) is 44.1 Å². The van der Waals surface area contributed by atoms with Crippen LogP contribution in [0.15, 0.2) is 54.6 Å². The summed E-state index contributed by atoms with van der Waals surface area (Å²) in [5.74, 6) is 0.118. The number of aryl methyl sites for hydroxylation is 1. The van der Waals surface area contributed by atoms with E-state index in [0.29, 0.717) is 15.8 Å². The van der Waals surface area contributed by atoms with Crippen molar-refractivity contribution in [3.63, 3.8) is 0 Å². The first-order chi connectivity index (χ1) is 11.5. The van der Waals surface area contributed by atoms with Crippen LogP contribution in [0.3, 0.4) is 0 Å². The molecule has 0 amide bonds. The maximum Gasteiger partial charge on any atom is 0.285 e. The first kappa shape index (κ1) is 16.6. The zero-order chi connectivity index (χ0) is 17.1. The lowest BCUT2D eigenvalue weighted by molar-refractivity contribution is 0.0823. The molecule has 0 unspecified atom stereocenters. The molecule has 0 bridgehead atoms. The van der Waals surface area contributed by atoms with Crippen LogP contribution in [-0.2, 0) is 0 Å². The fourth-order valence-corrected chi connectivity index (χ4v) is 2.76. The van der Waals surface area contributed by atoms with Gasteiger partial charge in [0.15, 0.2) is 6.61 Å². The van der Waals surface area contributed by atoms with Gasteiger partial charge in [-0.05, 0) is 31.2 Å². The summed E-state index contributed by atoms with van der Waals surface area (Å²) in [5, 5.41) is 5.13. The van der Waals surface area contributed by atoms with Crippen molar-refractivity contribution in [2.45, 2.75) is 6.92 Å². The second-order valence-corrected chi connectivity index (χ2v) is 6.05. The van der Waals surface area contributed by atoms with Gasteiger partial charge < -0.3 is 4.74 Å². The van der Waals surface area contributed by atoms with Gasteiger partial charge in [0, 0.05) is 10.6 Å². The van der Waals surface area contributed by atoms with E-state index in [9.17, 15) is 4.79 Å². The maximum absolute atomic E-state index is 12.5. The second kappa shape index (κ2) is 7.07. The highest BCUT2D eigenvalue weighted by molar-refractivity contribution is 6.35. The summed E-state index contributed by atoms with van der Waals surface area (Å²) >= 11 is 11.9. The van der Waals surface area contributed by atoms with Gasteiger partial charge in [-0.2, -0.15) is 9.78 Å². The summed E-state index contributed by atoms with van der Waals surface area (Å²) in [5.41, 5.74) is 2.40. The highest BCUT2D eigenvalue weighted by Crippen LogP contribution is 2.27. The first-order valence-corrected chi connectivity index (χ1v) is 8.03. The summed E-state index contributed by atoms with van der Waals surface area (Å²) in [6.07, 6.45) is 0. The Morgan fingerprint density at radius 2 is 1.88 bits per heavy atom. The zero-order valence-electron chi connectivity index (χ0n) is 12.9. The summed E-state index contributed by atoms with van der Waals surface area (Å²) in [4.78, 5) is 12.5. The molecule has 0 saturated carbocycles. The summed E-state index contributed by atoms with van der Waals surface area (Å²) in [6, 6.07) is 16.3. The van der Waals surface area contributed by atoms with Crippen molar-refractivity contribution in [3.8, 4) is 17.0 Å². The number of nitrogens with zero attached hydrogens (tertiary/aromatic N) is 2. The number of hydrogen-bond donors (Lipinski definition) is 0. The monoisotopic (exact) mass is 360 g/mol. The Balaban J connectivity index is 1.81. The van der Waals surface area contributed by atoms with Gasteiger partial charge in [0.2, 0.25) is 0 Å². The van der Waals surface area contributed by atoms with Gasteiger partial charge in [-0.3, -0.25) is 4.79 Å². The van der Waals surface area contributed by atoms with E-state index in [4.69, 9.17) is 27.9 Å². The molecular formula is C18H14Cl2N2O2. The van der Waals surface area contributed by atoms with E-state index < -0.39 is 0 Å². The second-order valence-electron chi connectivity index (χ2n) is 5.21. The molecule has 2 aromatic carbocycles. The number of aromatic nitrogens is 2. The molecule has 3 aromatic rings. The van der Waals surface area contributed by atoms with Crippen molar-refractivity contribution < 1.29 is 9.53 Å². The van der Waals surface area contributed by atoms with Gasteiger partial charge in [-0.1, -0.05) is 53.5 Å². The molecule has 6 heteroatoms. The number of ether oxygens (including phenoxy) is 1. The Morgan fingerprint density at radius 3 is 2.58 bits per heavy atom. The first-order valence-electron chi connectivity index (χ1n) is 7.28. The van der Waals surface area contributed by atoms with E-state index in [1.807, 2.05) is 43.3 Å². The van der Waals surface area contributed by atoms with E-state index in [1.165, 1.54) is 4.68 Å². The number of halogens is 2. The van der Waals surface area contributed by atoms with Gasteiger partial charge in [-0.25, -0.2) is 0 Å². The predicted molar refractivity (Wildman–Crippen MR) is 95.0 cm³/mol. The predicted octanol–water partition coefficient (Wildman–Crippen LogP) is 4.88. The zero-order valence-corrected chi connectivity index (χ0v) is 14.4. The number of hydrogen-bond acceptors (Lipinski definition) is 3. The normalized spacial score (nSPS) is 10.6. The van der Waals surface area contributed by atoms with Crippen LogP contribution in [0.4, 0.5) is 0 Å². The van der Waals surface area contributed by atoms with Crippen LogP contribution >= 0.6 is 23.2 Å². The van der Waals surface area contributed by atoms with Crippen LogP contribution in [0.1, 0.15) is 10.5 Å². The van der Waals surface area contributed by atoms with Gasteiger partial charge in [-0.15, -0.1) is 0 Å². The summed E-state index contributed by atoms with van der Waals surface area (Å²) in [6.45, 7) is 1.66. The largest absolute Gasteiger partial charge is 0.482 e. The average Bonchev–Trinajstić information content (AvgIpc) is 2.96. The van der Waals surface area contributed by atoms with Crippen molar-refractivity contribution in [3.05, 3.63) is 70.3 Å². The minimum absolute atomic E-state index is 0.178. The van der Waals surface area contributed by atoms with E-state index in [2.05, 4.69) is 5.10 Å². The van der Waals surface area contributed by atoms with Crippen molar-refractivity contribution in [2.75, 3.05) is 6.61 Å². The lowest BCUT2D eigenvalue weighted by Gasteiger charge is -2.09. The van der Waals surface area contributed by atoms with E-state index in [0.717, 1.165) is 17.0 Å². The van der Waals surface area contributed by atoms with E-state index >= 15 is 0 Å². The standard InChI is InChI=1S/C18H14Cl2N2O2/c1-12-9-16(13-5-3-2-4-6-13)22(21-12)18(23)11-24-17-8-7-14(19)10-15(17)20/h2-10H,11H2,1H3. The fourth-order valence-electron chi connectivity index (χ4n) is 2.30. The van der Waals surface area contributed by atoms with Crippen molar-refractivity contribution in [1.82, 2.24) is 9.78 Å². The van der Waals surface area contributed by atoms with Gasteiger partial charge >= 0.3 is 0 Å². The van der Waals surface area contributed by atoms with Crippen LogP contribution < -0.4 is 4.74 Å². The molecule has 0 aliphatic heterocycles. The number of rotatable bonds is 4. The molecule has 1 heterocycles. The third kappa shape index (κ3) is 3.61. The van der Waals surface area contributed by atoms with E-state index in [1.54, 1.807) is 18.2 Å². The third-order valence-corrected chi connectivity index (χ3v) is 3.91. The van der Waals surface area contributed by atoms with Gasteiger partial charge in [0.25, 0.3) is 5.91 Å². The Kier molecular flexibility index (Phi) is 4.88. The number of carbonyl (C=O) groups excluding carboxylic acids is 1. The van der Waals surface area contributed by atoms with E-state index in [-0.39, 0.29) is 12.5 Å². The molecule has 0 radical (unpaired) electrons. The molecule has 0 saturated heterocycles. The molecule has 4 nitrogen and oxygen atoms in total. The minimum Gasteiger partial charge on any atom is -0.482 e. The average molecular weight is 361 g/mol. The number of benzene rings is 2. The van der Waals surface area contributed by atoms with Crippen LogP contribution in [-0.4, -0.2) is 22.3 Å². The van der Waals surface area contributed by atoms with Crippen molar-refractivity contribution >= 4 is 29.1 Å². The molecule has 0 aliphatic rings. The molecule has 0 aliphatic carbocycles. The van der Waals surface area contributed by atoms with Crippen LogP contribution in [0.25, 0.3) is 11.3 Å². The highest BCUT2D eigenvalue weighted by Gasteiger charge is 2.15. The Hall–Kier alpha value is -2.30. The Bertz CT molecular complexity index is 876. The summed E-state index contributed by atoms with van der Waals surface area (Å²) in [7, 11) is 0. The molecule has 0 spiro atoms. The van der Waals surface area contributed by atoms with Crippen molar-refractivity contribution in [1.29, 1.82) is 0 Å². The SMILES string of the molecule is Cc1cc(-c2ccccc2)n(C(=O)COc2ccc(Cl)cc2Cl)n1. The summed E-state index contributed by atoms with van der Waals surface area (Å²) < 4.78 is 6.86. The molecule has 0 atom stereocenters. The van der Waals surface area contributed by atoms with Gasteiger partial charge in [0.05, 0.1) is 16.4 Å². The van der Waals surface area contributed by atoms with Crippen LogP contribution in [0.2, 0.25) is 10.0 Å². The maximum atomic E-state index is 12.5. The van der Waals surface area contributed by atoms with Gasteiger partial charge in [0.1, 0.15) is 5.75 Å². The molecule has 0 N–H and O–H groups in total. The smallest absolute Gasteiger partial charge is 0.285 e. The third-order valence-electron chi connectivity index (χ3n) is 3.38. The Labute approximate surface area is 149 Å². The van der Waals surface area contributed by atoms with Crippen LogP contribution in [0.5, 0.6) is 5.75 Å². The van der Waals surface area contributed by atoms with Crippen molar-refractivity contribution in [2.24, 2.45) is 0 Å². The Morgan fingerprint density at radius 1 is 1.12 bits per heavy atom. The lowest BCUT2D eigenvalue weighted by Crippen LogP contribution is -2.21. The minimum atomic E-state index is -0.284. The molecular weight excluding hydrogens is 347 g/mol.